The molecule has 0 saturated heterocycles. The Hall–Kier alpha value is -2.20. The minimum atomic E-state index is -0.373. The fourth-order valence-corrected chi connectivity index (χ4v) is 2.10. The molecular weight excluding hydrogens is 288 g/mol. The molecule has 0 aliphatic heterocycles. The van der Waals surface area contributed by atoms with Crippen LogP contribution in [0.5, 0.6) is 0 Å². The van der Waals surface area contributed by atoms with Crippen molar-refractivity contribution >= 4 is 28.9 Å². The number of rotatable bonds is 5. The monoisotopic (exact) mass is 304 g/mol. The molecule has 0 fully saturated rings. The van der Waals surface area contributed by atoms with Crippen molar-refractivity contribution < 1.29 is 9.53 Å². The Morgan fingerprint density at radius 3 is 2.71 bits per heavy atom. The molecule has 21 heavy (non-hydrogen) atoms. The quantitative estimate of drug-likeness (QED) is 0.653. The van der Waals surface area contributed by atoms with E-state index in [1.807, 2.05) is 24.3 Å². The van der Waals surface area contributed by atoms with E-state index in [0.29, 0.717) is 29.4 Å². The van der Waals surface area contributed by atoms with Gasteiger partial charge in [0.15, 0.2) is 0 Å². The van der Waals surface area contributed by atoms with Crippen LogP contribution in [0.3, 0.4) is 0 Å². The van der Waals surface area contributed by atoms with E-state index in [9.17, 15) is 4.79 Å². The molecule has 0 aromatic heterocycles. The Bertz CT molecular complexity index is 644. The molecule has 3 N–H and O–H groups in total. The maximum atomic E-state index is 11.6. The van der Waals surface area contributed by atoms with Crippen molar-refractivity contribution in [3.63, 3.8) is 0 Å². The van der Waals surface area contributed by atoms with E-state index in [0.717, 1.165) is 11.3 Å². The van der Waals surface area contributed by atoms with E-state index in [4.69, 9.17) is 22.1 Å². The van der Waals surface area contributed by atoms with Crippen LogP contribution in [0, 0.1) is 0 Å². The molecule has 0 heterocycles. The molecule has 0 amide bonds. The van der Waals surface area contributed by atoms with E-state index in [1.165, 1.54) is 0 Å². The van der Waals surface area contributed by atoms with Gasteiger partial charge in [-0.2, -0.15) is 0 Å². The number of carbonyl (C=O) groups is 1. The number of hydrogen-bond donors (Lipinski definition) is 2. The number of halogens is 1. The molecule has 0 radical (unpaired) electrons. The number of nitrogens with two attached hydrogens (primary N) is 1. The fourth-order valence-electron chi connectivity index (χ4n) is 1.90. The molecule has 0 bridgehead atoms. The van der Waals surface area contributed by atoms with Crippen molar-refractivity contribution in [3.8, 4) is 0 Å². The number of esters is 1. The summed E-state index contributed by atoms with van der Waals surface area (Å²) in [6, 6.07) is 12.6. The topological polar surface area (TPSA) is 64.3 Å². The standard InChI is InChI=1S/C16H17ClN2O2/c1-2-21-16(20)11-7-8-15(14(18)9-11)19-10-12-5-3-4-6-13(12)17/h3-9,19H,2,10,18H2,1H3. The van der Waals surface area contributed by atoms with Gasteiger partial charge in [0.05, 0.1) is 23.5 Å². The Kier molecular flexibility index (Phi) is 5.06. The largest absolute Gasteiger partial charge is 0.462 e. The van der Waals surface area contributed by atoms with Crippen LogP contribution in [0.2, 0.25) is 5.02 Å². The molecule has 110 valence electrons. The Morgan fingerprint density at radius 2 is 2.05 bits per heavy atom. The van der Waals surface area contributed by atoms with Gasteiger partial charge < -0.3 is 15.8 Å². The van der Waals surface area contributed by atoms with Crippen LogP contribution in [-0.2, 0) is 11.3 Å². The first kappa shape index (κ1) is 15.2. The maximum absolute atomic E-state index is 11.6. The molecule has 5 heteroatoms. The number of ether oxygens (including phenoxy) is 1. The molecule has 2 aromatic carbocycles. The molecule has 0 aliphatic rings. The predicted molar refractivity (Wildman–Crippen MR) is 85.6 cm³/mol. The van der Waals surface area contributed by atoms with Crippen molar-refractivity contribution in [1.82, 2.24) is 0 Å². The van der Waals surface area contributed by atoms with Gasteiger partial charge in [0.2, 0.25) is 0 Å². The molecule has 0 aliphatic carbocycles. The van der Waals surface area contributed by atoms with Gasteiger partial charge in [0, 0.05) is 11.6 Å². The summed E-state index contributed by atoms with van der Waals surface area (Å²) in [6.45, 7) is 2.66. The van der Waals surface area contributed by atoms with Crippen LogP contribution in [0.4, 0.5) is 11.4 Å². The maximum Gasteiger partial charge on any atom is 0.338 e. The average molecular weight is 305 g/mol. The molecular formula is C16H17ClN2O2. The van der Waals surface area contributed by atoms with Crippen LogP contribution in [0.1, 0.15) is 22.8 Å². The Morgan fingerprint density at radius 1 is 1.29 bits per heavy atom. The van der Waals surface area contributed by atoms with Crippen molar-refractivity contribution in [3.05, 3.63) is 58.6 Å². The van der Waals surface area contributed by atoms with Crippen molar-refractivity contribution in [2.45, 2.75) is 13.5 Å². The summed E-state index contributed by atoms with van der Waals surface area (Å²) < 4.78 is 4.94. The second kappa shape index (κ2) is 6.99. The number of nitrogen functional groups attached to an aromatic ring is 1. The molecule has 2 aromatic rings. The van der Waals surface area contributed by atoms with Gasteiger partial charge in [-0.1, -0.05) is 29.8 Å². The smallest absolute Gasteiger partial charge is 0.338 e. The first-order chi connectivity index (χ1) is 10.1. The fraction of sp³-hybridized carbons (Fsp3) is 0.188. The van der Waals surface area contributed by atoms with E-state index < -0.39 is 0 Å². The lowest BCUT2D eigenvalue weighted by Gasteiger charge is -2.11. The summed E-state index contributed by atoms with van der Waals surface area (Å²) in [5.74, 6) is -0.373. The van der Waals surface area contributed by atoms with Crippen molar-refractivity contribution in [2.75, 3.05) is 17.7 Å². The number of benzene rings is 2. The zero-order valence-corrected chi connectivity index (χ0v) is 12.5. The third-order valence-corrected chi connectivity index (χ3v) is 3.36. The number of carbonyl (C=O) groups excluding carboxylic acids is 1. The van der Waals surface area contributed by atoms with E-state index in [2.05, 4.69) is 5.32 Å². The zero-order chi connectivity index (χ0) is 15.2. The summed E-state index contributed by atoms with van der Waals surface area (Å²) >= 11 is 6.10. The van der Waals surface area contributed by atoms with Gasteiger partial charge in [0.25, 0.3) is 0 Å². The molecule has 0 atom stereocenters. The van der Waals surface area contributed by atoms with Crippen molar-refractivity contribution in [2.24, 2.45) is 0 Å². The lowest BCUT2D eigenvalue weighted by molar-refractivity contribution is 0.0526. The van der Waals surface area contributed by atoms with Gasteiger partial charge in [0.1, 0.15) is 0 Å². The highest BCUT2D eigenvalue weighted by atomic mass is 35.5. The van der Waals surface area contributed by atoms with E-state index >= 15 is 0 Å². The van der Waals surface area contributed by atoms with Crippen LogP contribution in [0.15, 0.2) is 42.5 Å². The van der Waals surface area contributed by atoms with Gasteiger partial charge in [-0.3, -0.25) is 0 Å². The lowest BCUT2D eigenvalue weighted by Crippen LogP contribution is -2.07. The zero-order valence-electron chi connectivity index (χ0n) is 11.7. The number of nitrogens with one attached hydrogen (secondary N) is 1. The van der Waals surface area contributed by atoms with Gasteiger partial charge in [-0.25, -0.2) is 4.79 Å². The highest BCUT2D eigenvalue weighted by molar-refractivity contribution is 6.31. The minimum Gasteiger partial charge on any atom is -0.462 e. The van der Waals surface area contributed by atoms with Gasteiger partial charge in [-0.15, -0.1) is 0 Å². The summed E-state index contributed by atoms with van der Waals surface area (Å²) in [4.78, 5) is 11.6. The second-order valence-corrected chi connectivity index (χ2v) is 4.87. The summed E-state index contributed by atoms with van der Waals surface area (Å²) in [5, 5.41) is 3.91. The highest BCUT2D eigenvalue weighted by Crippen LogP contribution is 2.22. The third kappa shape index (κ3) is 3.89. The van der Waals surface area contributed by atoms with Gasteiger partial charge in [-0.05, 0) is 36.8 Å². The van der Waals surface area contributed by atoms with Crippen LogP contribution in [0.25, 0.3) is 0 Å². The molecule has 2 rings (SSSR count). The Balaban J connectivity index is 2.08. The molecule has 0 saturated carbocycles. The highest BCUT2D eigenvalue weighted by Gasteiger charge is 2.09. The molecule has 0 spiro atoms. The lowest BCUT2D eigenvalue weighted by atomic mass is 10.1. The van der Waals surface area contributed by atoms with Crippen molar-refractivity contribution in [1.29, 1.82) is 0 Å². The Labute approximate surface area is 128 Å². The summed E-state index contributed by atoms with van der Waals surface area (Å²) in [5.41, 5.74) is 8.62. The normalized spacial score (nSPS) is 10.2. The average Bonchev–Trinajstić information content (AvgIpc) is 2.47. The first-order valence-corrected chi connectivity index (χ1v) is 7.03. The first-order valence-electron chi connectivity index (χ1n) is 6.65. The van der Waals surface area contributed by atoms with Crippen LogP contribution >= 0.6 is 11.6 Å². The SMILES string of the molecule is CCOC(=O)c1ccc(NCc2ccccc2Cl)c(N)c1. The minimum absolute atomic E-state index is 0.339. The van der Waals surface area contributed by atoms with Crippen LogP contribution in [-0.4, -0.2) is 12.6 Å². The predicted octanol–water partition coefficient (Wildman–Crippen LogP) is 3.71. The van der Waals surface area contributed by atoms with E-state index in [-0.39, 0.29) is 5.97 Å². The third-order valence-electron chi connectivity index (χ3n) is 2.99. The van der Waals surface area contributed by atoms with Gasteiger partial charge >= 0.3 is 5.97 Å². The molecule has 0 unspecified atom stereocenters. The number of anilines is 2. The van der Waals surface area contributed by atoms with Crippen LogP contribution < -0.4 is 11.1 Å². The molecule has 4 nitrogen and oxygen atoms in total. The second-order valence-electron chi connectivity index (χ2n) is 4.47. The van der Waals surface area contributed by atoms with E-state index in [1.54, 1.807) is 25.1 Å². The summed E-state index contributed by atoms with van der Waals surface area (Å²) in [6.07, 6.45) is 0. The summed E-state index contributed by atoms with van der Waals surface area (Å²) in [7, 11) is 0. The number of hydrogen-bond acceptors (Lipinski definition) is 4.